The van der Waals surface area contributed by atoms with Gasteiger partial charge in [0.05, 0.1) is 44.1 Å². The van der Waals surface area contributed by atoms with Crippen molar-refractivity contribution in [1.29, 1.82) is 0 Å². The average molecular weight is 397 g/mol. The van der Waals surface area contributed by atoms with Crippen LogP contribution in [-0.4, -0.2) is 69.1 Å². The molecule has 0 radical (unpaired) electrons. The van der Waals surface area contributed by atoms with Gasteiger partial charge in [0.25, 0.3) is 5.56 Å². The van der Waals surface area contributed by atoms with Crippen molar-refractivity contribution in [2.45, 2.75) is 0 Å². The molecular formula is C18H19N7O4. The Labute approximate surface area is 165 Å². The van der Waals surface area contributed by atoms with Gasteiger partial charge in [-0.2, -0.15) is 9.78 Å². The number of aryl methyl sites for hydroxylation is 1. The first kappa shape index (κ1) is 18.7. The van der Waals surface area contributed by atoms with Crippen LogP contribution in [0.2, 0.25) is 0 Å². The van der Waals surface area contributed by atoms with Gasteiger partial charge in [-0.3, -0.25) is 4.79 Å². The van der Waals surface area contributed by atoms with Crippen LogP contribution in [0.3, 0.4) is 0 Å². The second-order valence-electron chi connectivity index (χ2n) is 6.37. The number of pyridine rings is 1. The molecule has 3 aromatic rings. The molecule has 4 heterocycles. The van der Waals surface area contributed by atoms with E-state index in [9.17, 15) is 9.59 Å². The van der Waals surface area contributed by atoms with Crippen molar-refractivity contribution < 1.29 is 14.3 Å². The van der Waals surface area contributed by atoms with Gasteiger partial charge in [0.15, 0.2) is 5.69 Å². The molecule has 0 spiro atoms. The van der Waals surface area contributed by atoms with E-state index in [0.717, 1.165) is 21.8 Å². The number of anilines is 1. The molecule has 0 atom stereocenters. The summed E-state index contributed by atoms with van der Waals surface area (Å²) in [7, 11) is 3.03. The molecule has 1 aliphatic rings. The number of aromatic nitrogens is 6. The van der Waals surface area contributed by atoms with Crippen LogP contribution in [0.4, 0.5) is 5.82 Å². The zero-order chi connectivity index (χ0) is 20.4. The fraction of sp³-hybridized carbons (Fsp3) is 0.333. The van der Waals surface area contributed by atoms with E-state index in [2.05, 4.69) is 25.3 Å². The predicted octanol–water partition coefficient (Wildman–Crippen LogP) is 0.0462. The lowest BCUT2D eigenvalue weighted by molar-refractivity contribution is 0.0591. The zero-order valence-electron chi connectivity index (χ0n) is 16.0. The molecule has 1 aliphatic heterocycles. The van der Waals surface area contributed by atoms with Crippen LogP contribution < -0.4 is 10.5 Å². The number of carbonyl (C=O) groups excluding carboxylic acids is 1. The molecule has 0 saturated carbocycles. The van der Waals surface area contributed by atoms with Gasteiger partial charge in [0.2, 0.25) is 0 Å². The highest BCUT2D eigenvalue weighted by molar-refractivity contribution is 5.86. The van der Waals surface area contributed by atoms with Crippen molar-refractivity contribution in [2.24, 2.45) is 7.05 Å². The topological polar surface area (TPSA) is 117 Å². The largest absolute Gasteiger partial charge is 0.464 e. The molecule has 0 bridgehead atoms. The maximum Gasteiger partial charge on any atom is 0.358 e. The number of rotatable bonds is 4. The van der Waals surface area contributed by atoms with Crippen LogP contribution in [-0.2, 0) is 16.5 Å². The van der Waals surface area contributed by atoms with E-state index in [-0.39, 0.29) is 5.69 Å². The molecule has 0 aliphatic carbocycles. The van der Waals surface area contributed by atoms with Gasteiger partial charge in [-0.25, -0.2) is 14.5 Å². The first-order valence-corrected chi connectivity index (χ1v) is 8.95. The standard InChI is InChI=1S/C18H19N7O4/c1-23-15(11-20-22-23)13-9-12(10-19-17(13)24-5-7-29-8-6-24)25-16(26)4-3-14(21-25)18(27)28-2/h3-4,9-11H,5-8H2,1-2H3. The zero-order valence-corrected chi connectivity index (χ0v) is 16.0. The summed E-state index contributed by atoms with van der Waals surface area (Å²) in [4.78, 5) is 30.9. The fourth-order valence-corrected chi connectivity index (χ4v) is 3.12. The Bertz CT molecular complexity index is 1100. The Kier molecular flexibility index (Phi) is 5.04. The normalized spacial score (nSPS) is 14.1. The molecule has 1 fully saturated rings. The molecule has 29 heavy (non-hydrogen) atoms. The minimum Gasteiger partial charge on any atom is -0.464 e. The van der Waals surface area contributed by atoms with Crippen LogP contribution in [0.5, 0.6) is 0 Å². The van der Waals surface area contributed by atoms with Crippen LogP contribution in [0.25, 0.3) is 16.9 Å². The first-order chi connectivity index (χ1) is 14.1. The number of hydrogen-bond acceptors (Lipinski definition) is 9. The number of esters is 1. The molecule has 0 N–H and O–H groups in total. The molecule has 11 nitrogen and oxygen atoms in total. The van der Waals surface area contributed by atoms with E-state index in [0.29, 0.717) is 32.0 Å². The number of carbonyl (C=O) groups is 1. The summed E-state index contributed by atoms with van der Waals surface area (Å²) in [6.45, 7) is 2.60. The summed E-state index contributed by atoms with van der Waals surface area (Å²) >= 11 is 0. The summed E-state index contributed by atoms with van der Waals surface area (Å²) in [6.07, 6.45) is 3.18. The van der Waals surface area contributed by atoms with E-state index in [1.807, 2.05) is 0 Å². The Balaban J connectivity index is 1.85. The SMILES string of the molecule is COC(=O)c1ccc(=O)n(-c2cnc(N3CCOCC3)c(-c3cnnn3C)c2)n1. The van der Waals surface area contributed by atoms with Gasteiger partial charge in [-0.1, -0.05) is 5.21 Å². The third kappa shape index (κ3) is 3.59. The molecule has 0 unspecified atom stereocenters. The molecule has 3 aromatic heterocycles. The molecule has 1 saturated heterocycles. The van der Waals surface area contributed by atoms with Gasteiger partial charge in [-0.15, -0.1) is 5.10 Å². The monoisotopic (exact) mass is 397 g/mol. The second-order valence-corrected chi connectivity index (χ2v) is 6.37. The first-order valence-electron chi connectivity index (χ1n) is 8.95. The van der Waals surface area contributed by atoms with Gasteiger partial charge in [0, 0.05) is 31.8 Å². The van der Waals surface area contributed by atoms with E-state index in [4.69, 9.17) is 9.47 Å². The highest BCUT2D eigenvalue weighted by Gasteiger charge is 2.21. The molecular weight excluding hydrogens is 378 g/mol. The van der Waals surface area contributed by atoms with Crippen molar-refractivity contribution in [1.82, 2.24) is 29.8 Å². The van der Waals surface area contributed by atoms with Crippen LogP contribution >= 0.6 is 0 Å². The fourth-order valence-electron chi connectivity index (χ4n) is 3.12. The van der Waals surface area contributed by atoms with E-state index in [1.165, 1.54) is 19.2 Å². The van der Waals surface area contributed by atoms with E-state index in [1.54, 1.807) is 30.2 Å². The van der Waals surface area contributed by atoms with E-state index >= 15 is 0 Å². The lowest BCUT2D eigenvalue weighted by Gasteiger charge is -2.29. The summed E-state index contributed by atoms with van der Waals surface area (Å²) < 4.78 is 12.9. The van der Waals surface area contributed by atoms with E-state index < -0.39 is 11.5 Å². The van der Waals surface area contributed by atoms with Crippen molar-refractivity contribution in [3.8, 4) is 16.9 Å². The Hall–Kier alpha value is -3.60. The maximum absolute atomic E-state index is 12.4. The number of morpholine rings is 1. The minimum absolute atomic E-state index is 0.0214. The van der Waals surface area contributed by atoms with Gasteiger partial charge >= 0.3 is 5.97 Å². The Morgan fingerprint density at radius 3 is 2.69 bits per heavy atom. The van der Waals surface area contributed by atoms with Crippen molar-refractivity contribution >= 4 is 11.8 Å². The predicted molar refractivity (Wildman–Crippen MR) is 102 cm³/mol. The quantitative estimate of drug-likeness (QED) is 0.563. The molecule has 11 heteroatoms. The summed E-state index contributed by atoms with van der Waals surface area (Å²) in [5, 5.41) is 12.1. The Morgan fingerprint density at radius 1 is 1.21 bits per heavy atom. The summed E-state index contributed by atoms with van der Waals surface area (Å²) in [6, 6.07) is 4.37. The van der Waals surface area contributed by atoms with Crippen molar-refractivity contribution in [2.75, 3.05) is 38.3 Å². The van der Waals surface area contributed by atoms with Crippen LogP contribution in [0.15, 0.2) is 35.4 Å². The second kappa shape index (κ2) is 7.80. The number of nitrogens with zero attached hydrogens (tertiary/aromatic N) is 7. The van der Waals surface area contributed by atoms with Gasteiger partial charge in [-0.05, 0) is 12.1 Å². The third-order valence-corrected chi connectivity index (χ3v) is 4.59. The highest BCUT2D eigenvalue weighted by atomic mass is 16.5. The van der Waals surface area contributed by atoms with Gasteiger partial charge in [0.1, 0.15) is 5.82 Å². The molecule has 0 aromatic carbocycles. The van der Waals surface area contributed by atoms with Crippen molar-refractivity contribution in [3.63, 3.8) is 0 Å². The molecule has 4 rings (SSSR count). The third-order valence-electron chi connectivity index (χ3n) is 4.59. The van der Waals surface area contributed by atoms with Crippen LogP contribution in [0, 0.1) is 0 Å². The lowest BCUT2D eigenvalue weighted by atomic mass is 10.1. The Morgan fingerprint density at radius 2 is 2.00 bits per heavy atom. The van der Waals surface area contributed by atoms with Crippen LogP contribution in [0.1, 0.15) is 10.5 Å². The molecule has 0 amide bonds. The average Bonchev–Trinajstić information content (AvgIpc) is 3.19. The smallest absolute Gasteiger partial charge is 0.358 e. The number of hydrogen-bond donors (Lipinski definition) is 0. The van der Waals surface area contributed by atoms with Crippen molar-refractivity contribution in [3.05, 3.63) is 46.6 Å². The lowest BCUT2D eigenvalue weighted by Crippen LogP contribution is -2.37. The molecule has 150 valence electrons. The maximum atomic E-state index is 12.4. The highest BCUT2D eigenvalue weighted by Crippen LogP contribution is 2.30. The number of ether oxygens (including phenoxy) is 2. The number of methoxy groups -OCH3 is 1. The van der Waals surface area contributed by atoms with Gasteiger partial charge < -0.3 is 14.4 Å². The minimum atomic E-state index is -0.632. The summed E-state index contributed by atoms with van der Waals surface area (Å²) in [5.41, 5.74) is 1.52. The summed E-state index contributed by atoms with van der Waals surface area (Å²) in [5.74, 6) is 0.104.